The second kappa shape index (κ2) is 9.61. The van der Waals surface area contributed by atoms with Crippen molar-refractivity contribution < 1.29 is 23.8 Å². The van der Waals surface area contributed by atoms with Gasteiger partial charge in [0.2, 0.25) is 12.7 Å². The Morgan fingerprint density at radius 3 is 2.55 bits per heavy atom. The van der Waals surface area contributed by atoms with Crippen molar-refractivity contribution >= 4 is 24.3 Å². The van der Waals surface area contributed by atoms with Crippen molar-refractivity contribution in [3.8, 4) is 17.2 Å². The van der Waals surface area contributed by atoms with E-state index in [2.05, 4.69) is 11.0 Å². The lowest BCUT2D eigenvalue weighted by atomic mass is 9.75. The van der Waals surface area contributed by atoms with Gasteiger partial charge in [0.15, 0.2) is 11.5 Å². The molecule has 1 atom stereocenters. The third-order valence-corrected chi connectivity index (χ3v) is 6.69. The number of carbonyl (C=O) groups is 2. The minimum Gasteiger partial charge on any atom is -0.454 e. The Balaban J connectivity index is 0.00000259. The Bertz CT molecular complexity index is 1040. The van der Waals surface area contributed by atoms with Gasteiger partial charge in [-0.3, -0.25) is 14.5 Å². The molecule has 5 rings (SSSR count). The van der Waals surface area contributed by atoms with E-state index in [1.165, 1.54) is 5.56 Å². The highest BCUT2D eigenvalue weighted by Crippen LogP contribution is 2.45. The summed E-state index contributed by atoms with van der Waals surface area (Å²) in [5.74, 6) is 1.90. The van der Waals surface area contributed by atoms with Gasteiger partial charge < -0.3 is 19.1 Å². The van der Waals surface area contributed by atoms with Gasteiger partial charge in [-0.25, -0.2) is 0 Å². The van der Waals surface area contributed by atoms with Gasteiger partial charge in [-0.15, -0.1) is 12.4 Å². The Labute approximate surface area is 200 Å². The number of ether oxygens (including phenoxy) is 3. The van der Waals surface area contributed by atoms with E-state index in [-0.39, 0.29) is 37.5 Å². The van der Waals surface area contributed by atoms with Crippen LogP contribution in [-0.4, -0.2) is 54.6 Å². The van der Waals surface area contributed by atoms with Crippen molar-refractivity contribution in [3.63, 3.8) is 0 Å². The Morgan fingerprint density at radius 2 is 1.76 bits per heavy atom. The summed E-state index contributed by atoms with van der Waals surface area (Å²) in [5.41, 5.74) is 1.15. The standard InChI is InChI=1S/C25H28N2O5.ClH/c1-2-9-25(19-5-3-4-6-20(19)32-24(25)29)15-23(28)27-12-10-26(11-13-27)16-18-7-8-21-22(14-18)31-17-30-21;/h3-8,14H,2,9-13,15-17H2,1H3;1H. The normalized spacial score (nSPS) is 21.4. The smallest absolute Gasteiger partial charge is 0.322 e. The maximum Gasteiger partial charge on any atom is 0.322 e. The topological polar surface area (TPSA) is 68.3 Å². The monoisotopic (exact) mass is 472 g/mol. The molecule has 1 saturated heterocycles. The van der Waals surface area contributed by atoms with Crippen LogP contribution in [0.4, 0.5) is 0 Å². The zero-order valence-corrected chi connectivity index (χ0v) is 19.6. The van der Waals surface area contributed by atoms with Gasteiger partial charge in [-0.2, -0.15) is 0 Å². The molecule has 2 aromatic rings. The number of rotatable bonds is 6. The van der Waals surface area contributed by atoms with Crippen LogP contribution in [0.2, 0.25) is 0 Å². The lowest BCUT2D eigenvalue weighted by Crippen LogP contribution is -2.50. The van der Waals surface area contributed by atoms with Crippen LogP contribution in [0.5, 0.6) is 17.2 Å². The molecule has 7 nitrogen and oxygen atoms in total. The third kappa shape index (κ3) is 4.39. The number of hydrogen-bond acceptors (Lipinski definition) is 6. The van der Waals surface area contributed by atoms with Crippen molar-refractivity contribution in [2.45, 2.75) is 38.1 Å². The number of piperazine rings is 1. The van der Waals surface area contributed by atoms with Crippen molar-refractivity contribution in [3.05, 3.63) is 53.6 Å². The number of fused-ring (bicyclic) bond motifs is 2. The van der Waals surface area contributed by atoms with Crippen LogP contribution in [0, 0.1) is 0 Å². The first-order chi connectivity index (χ1) is 15.6. The lowest BCUT2D eigenvalue weighted by Gasteiger charge is -2.36. The molecule has 1 amide bonds. The lowest BCUT2D eigenvalue weighted by molar-refractivity contribution is -0.144. The molecule has 176 valence electrons. The first kappa shape index (κ1) is 23.4. The summed E-state index contributed by atoms with van der Waals surface area (Å²) >= 11 is 0. The average Bonchev–Trinajstić information content (AvgIpc) is 3.37. The first-order valence-corrected chi connectivity index (χ1v) is 11.3. The number of esters is 1. The van der Waals surface area contributed by atoms with E-state index < -0.39 is 5.41 Å². The largest absolute Gasteiger partial charge is 0.454 e. The molecule has 0 bridgehead atoms. The summed E-state index contributed by atoms with van der Waals surface area (Å²) < 4.78 is 16.4. The summed E-state index contributed by atoms with van der Waals surface area (Å²) in [5, 5.41) is 0. The highest BCUT2D eigenvalue weighted by atomic mass is 35.5. The second-order valence-corrected chi connectivity index (χ2v) is 8.74. The fourth-order valence-corrected chi connectivity index (χ4v) is 5.00. The van der Waals surface area contributed by atoms with E-state index in [0.717, 1.165) is 43.1 Å². The molecule has 3 heterocycles. The molecule has 3 aliphatic heterocycles. The second-order valence-electron chi connectivity index (χ2n) is 8.74. The summed E-state index contributed by atoms with van der Waals surface area (Å²) in [7, 11) is 0. The number of nitrogens with zero attached hydrogens (tertiary/aromatic N) is 2. The van der Waals surface area contributed by atoms with Gasteiger partial charge in [0, 0.05) is 44.7 Å². The van der Waals surface area contributed by atoms with Crippen molar-refractivity contribution in [1.82, 2.24) is 9.80 Å². The Morgan fingerprint density at radius 1 is 1.00 bits per heavy atom. The van der Waals surface area contributed by atoms with Crippen molar-refractivity contribution in [1.29, 1.82) is 0 Å². The van der Waals surface area contributed by atoms with E-state index in [0.29, 0.717) is 25.3 Å². The Kier molecular flexibility index (Phi) is 6.81. The molecule has 0 aliphatic carbocycles. The SMILES string of the molecule is CCCC1(CC(=O)N2CCN(Cc3ccc4c(c3)OCO4)CC2)C(=O)Oc2ccccc21.Cl. The summed E-state index contributed by atoms with van der Waals surface area (Å²) in [6.45, 7) is 6.01. The zero-order chi connectivity index (χ0) is 22.1. The summed E-state index contributed by atoms with van der Waals surface area (Å²) in [6.07, 6.45) is 1.58. The van der Waals surface area contributed by atoms with E-state index in [1.807, 2.05) is 48.2 Å². The fourth-order valence-electron chi connectivity index (χ4n) is 5.00. The number of para-hydroxylation sites is 1. The van der Waals surface area contributed by atoms with E-state index in [9.17, 15) is 9.59 Å². The van der Waals surface area contributed by atoms with Gasteiger partial charge in [0.25, 0.3) is 0 Å². The van der Waals surface area contributed by atoms with Gasteiger partial charge >= 0.3 is 5.97 Å². The average molecular weight is 473 g/mol. The molecule has 0 saturated carbocycles. The van der Waals surface area contributed by atoms with Gasteiger partial charge in [-0.1, -0.05) is 37.6 Å². The molecule has 1 unspecified atom stereocenters. The Hall–Kier alpha value is -2.77. The predicted molar refractivity (Wildman–Crippen MR) is 125 cm³/mol. The van der Waals surface area contributed by atoms with Crippen LogP contribution >= 0.6 is 12.4 Å². The minimum atomic E-state index is -0.869. The van der Waals surface area contributed by atoms with Crippen molar-refractivity contribution in [2.75, 3.05) is 33.0 Å². The number of hydrogen-bond donors (Lipinski definition) is 0. The van der Waals surface area contributed by atoms with Crippen LogP contribution in [0.3, 0.4) is 0 Å². The van der Waals surface area contributed by atoms with Crippen molar-refractivity contribution in [2.24, 2.45) is 0 Å². The minimum absolute atomic E-state index is 0. The van der Waals surface area contributed by atoms with Gasteiger partial charge in [0.1, 0.15) is 11.2 Å². The molecule has 2 aromatic carbocycles. The van der Waals surface area contributed by atoms with Crippen LogP contribution < -0.4 is 14.2 Å². The van der Waals surface area contributed by atoms with E-state index in [1.54, 1.807) is 0 Å². The maximum atomic E-state index is 13.3. The molecular formula is C25H29ClN2O5. The van der Waals surface area contributed by atoms with Crippen LogP contribution in [-0.2, 0) is 21.5 Å². The number of amides is 1. The molecule has 0 aromatic heterocycles. The molecule has 8 heteroatoms. The highest BCUT2D eigenvalue weighted by molar-refractivity contribution is 5.95. The molecular weight excluding hydrogens is 444 g/mol. The fraction of sp³-hybridized carbons (Fsp3) is 0.440. The summed E-state index contributed by atoms with van der Waals surface area (Å²) in [6, 6.07) is 13.5. The molecule has 3 aliphatic rings. The third-order valence-electron chi connectivity index (χ3n) is 6.69. The highest BCUT2D eigenvalue weighted by Gasteiger charge is 2.50. The predicted octanol–water partition coefficient (Wildman–Crippen LogP) is 3.53. The van der Waals surface area contributed by atoms with Gasteiger partial charge in [0.05, 0.1) is 0 Å². The maximum absolute atomic E-state index is 13.3. The number of halogens is 1. The molecule has 1 fully saturated rings. The molecule has 0 radical (unpaired) electrons. The van der Waals surface area contributed by atoms with E-state index in [4.69, 9.17) is 14.2 Å². The van der Waals surface area contributed by atoms with Gasteiger partial charge in [-0.05, 0) is 30.2 Å². The van der Waals surface area contributed by atoms with Crippen LogP contribution in [0.25, 0.3) is 0 Å². The number of benzene rings is 2. The van der Waals surface area contributed by atoms with Crippen LogP contribution in [0.15, 0.2) is 42.5 Å². The number of carbonyl (C=O) groups excluding carboxylic acids is 2. The molecule has 33 heavy (non-hydrogen) atoms. The van der Waals surface area contributed by atoms with E-state index >= 15 is 0 Å². The zero-order valence-electron chi connectivity index (χ0n) is 18.7. The first-order valence-electron chi connectivity index (χ1n) is 11.3. The molecule has 0 N–H and O–H groups in total. The quantitative estimate of drug-likeness (QED) is 0.473. The molecule has 0 spiro atoms. The van der Waals surface area contributed by atoms with Crippen LogP contribution in [0.1, 0.15) is 37.3 Å². The summed E-state index contributed by atoms with van der Waals surface area (Å²) in [4.78, 5) is 30.4.